The molecular weight excluding hydrogens is 302 g/mol. The Balaban J connectivity index is 0.00000243. The van der Waals surface area contributed by atoms with E-state index in [9.17, 15) is 0 Å². The van der Waals surface area contributed by atoms with Gasteiger partial charge in [-0.25, -0.2) is 0 Å². The molecule has 1 nitrogen and oxygen atoms in total. The highest BCUT2D eigenvalue weighted by molar-refractivity contribution is 5.86. The molecule has 0 atom stereocenters. The fourth-order valence-corrected chi connectivity index (χ4v) is 2.58. The van der Waals surface area contributed by atoms with Crippen molar-refractivity contribution in [3.8, 4) is 0 Å². The lowest BCUT2D eigenvalue weighted by molar-refractivity contribution is 0.365. The van der Waals surface area contributed by atoms with Crippen LogP contribution in [0.2, 0.25) is 0 Å². The zero-order valence-corrected chi connectivity index (χ0v) is 13.7. The zero-order chi connectivity index (χ0) is 17.7. The van der Waals surface area contributed by atoms with Crippen LogP contribution in [0.15, 0.2) is 78.9 Å². The first-order valence-electron chi connectivity index (χ1n) is 8.97. The lowest BCUT2D eigenvalue weighted by Crippen LogP contribution is -2.17. The second-order valence-electron chi connectivity index (χ2n) is 5.33. The third kappa shape index (κ3) is 4.69. The third-order valence-corrected chi connectivity index (χ3v) is 3.68. The van der Waals surface area contributed by atoms with E-state index in [1.807, 2.05) is 84.9 Å². The Morgan fingerprint density at radius 3 is 2.48 bits per heavy atom. The van der Waals surface area contributed by atoms with Gasteiger partial charge in [0.1, 0.15) is 0 Å². The third-order valence-electron chi connectivity index (χ3n) is 3.68. The lowest BCUT2D eigenvalue weighted by atomic mass is 10.0. The van der Waals surface area contributed by atoms with E-state index in [0.717, 1.165) is 21.9 Å². The van der Waals surface area contributed by atoms with Crippen LogP contribution >= 0.6 is 12.4 Å². The highest BCUT2D eigenvalue weighted by Gasteiger charge is 2.03. The van der Waals surface area contributed by atoms with E-state index in [1.165, 1.54) is 4.90 Å². The van der Waals surface area contributed by atoms with Gasteiger partial charge in [0.25, 0.3) is 0 Å². The van der Waals surface area contributed by atoms with Gasteiger partial charge in [-0.15, -0.1) is 12.4 Å². The quantitative estimate of drug-likeness (QED) is 0.606. The van der Waals surface area contributed by atoms with Gasteiger partial charge in [-0.2, -0.15) is 0 Å². The molecule has 0 aliphatic carbocycles. The van der Waals surface area contributed by atoms with Crippen LogP contribution in [0.25, 0.3) is 16.8 Å². The highest BCUT2D eigenvalue weighted by atomic mass is 35.5. The van der Waals surface area contributed by atoms with E-state index in [2.05, 4.69) is 0 Å². The van der Waals surface area contributed by atoms with Crippen LogP contribution in [0.4, 0.5) is 0 Å². The second-order valence-corrected chi connectivity index (χ2v) is 5.33. The van der Waals surface area contributed by atoms with Crippen molar-refractivity contribution in [3.63, 3.8) is 0 Å². The maximum Gasteiger partial charge on any atom is 0.0394 e. The topological polar surface area (TPSA) is 3.24 Å². The van der Waals surface area contributed by atoms with Gasteiger partial charge in [-0.05, 0) is 28.9 Å². The molecule has 3 aromatic carbocycles. The summed E-state index contributed by atoms with van der Waals surface area (Å²) < 4.78 is 23.6. The van der Waals surface area contributed by atoms with E-state index < -0.39 is 6.98 Å². The first-order valence-corrected chi connectivity index (χ1v) is 7.47. The molecular formula is C21H22ClN. The standard InChI is InChI=1S/C21H21N.ClH/c1-22(16-8-11-18-9-3-2-4-10-18)17-20-14-7-13-19-12-5-6-15-21(19)20;/h2-15H,16-17H2,1H3;1H/i1D3;. The minimum atomic E-state index is -2.14. The van der Waals surface area contributed by atoms with Gasteiger partial charge >= 0.3 is 0 Å². The number of likely N-dealkylation sites (N-methyl/N-ethyl adjacent to an activating group) is 1. The number of benzene rings is 3. The predicted octanol–water partition coefficient (Wildman–Crippen LogP) is 5.41. The summed E-state index contributed by atoms with van der Waals surface area (Å²) in [5.41, 5.74) is 2.10. The van der Waals surface area contributed by atoms with Crippen molar-refractivity contribution < 1.29 is 4.11 Å². The van der Waals surface area contributed by atoms with Crippen LogP contribution in [0.5, 0.6) is 0 Å². The summed E-state index contributed by atoms with van der Waals surface area (Å²) in [5, 5.41) is 2.23. The largest absolute Gasteiger partial charge is 0.298 e. The van der Waals surface area contributed by atoms with Gasteiger partial charge in [0.2, 0.25) is 0 Å². The molecule has 0 fully saturated rings. The summed E-state index contributed by atoms with van der Waals surface area (Å²) in [6.07, 6.45) is 3.87. The smallest absolute Gasteiger partial charge is 0.0394 e. The van der Waals surface area contributed by atoms with E-state index >= 15 is 0 Å². The number of halogens is 1. The Bertz CT molecular complexity index is 855. The molecule has 0 unspecified atom stereocenters. The maximum atomic E-state index is 7.85. The monoisotopic (exact) mass is 326 g/mol. The average Bonchev–Trinajstić information content (AvgIpc) is 2.61. The zero-order valence-electron chi connectivity index (χ0n) is 15.9. The Kier molecular flexibility index (Phi) is 4.95. The lowest BCUT2D eigenvalue weighted by Gasteiger charge is -2.16. The molecule has 0 bridgehead atoms. The molecule has 3 aromatic rings. The van der Waals surface area contributed by atoms with Crippen LogP contribution in [-0.2, 0) is 6.54 Å². The fourth-order valence-electron chi connectivity index (χ4n) is 2.58. The molecule has 0 amide bonds. The Morgan fingerprint density at radius 2 is 1.65 bits per heavy atom. The van der Waals surface area contributed by atoms with Crippen molar-refractivity contribution in [1.29, 1.82) is 0 Å². The fraction of sp³-hybridized carbons (Fsp3) is 0.143. The molecule has 0 N–H and O–H groups in total. The number of hydrogen-bond acceptors (Lipinski definition) is 1. The van der Waals surface area contributed by atoms with E-state index in [1.54, 1.807) is 0 Å². The second kappa shape index (κ2) is 8.52. The van der Waals surface area contributed by atoms with Gasteiger partial charge in [0.15, 0.2) is 0 Å². The van der Waals surface area contributed by atoms with E-state index in [4.69, 9.17) is 4.11 Å². The Labute approximate surface area is 148 Å². The minimum absolute atomic E-state index is 0. The van der Waals surface area contributed by atoms with Crippen LogP contribution in [-0.4, -0.2) is 18.4 Å². The van der Waals surface area contributed by atoms with Crippen LogP contribution in [0.1, 0.15) is 15.2 Å². The summed E-state index contributed by atoms with van der Waals surface area (Å²) in [6.45, 7) is -1.39. The van der Waals surface area contributed by atoms with Crippen LogP contribution < -0.4 is 0 Å². The normalized spacial score (nSPS) is 13.5. The molecule has 0 radical (unpaired) electrons. The average molecular weight is 327 g/mol. The Hall–Kier alpha value is -2.09. The van der Waals surface area contributed by atoms with Crippen LogP contribution in [0, 0.1) is 0 Å². The predicted molar refractivity (Wildman–Crippen MR) is 103 cm³/mol. The SMILES string of the molecule is Cl.[2H]C([2H])([2H])N(CC=Cc1ccccc1)Cc1cccc2ccccc12. The molecule has 0 aliphatic heterocycles. The molecule has 2 heteroatoms. The van der Waals surface area contributed by atoms with E-state index in [0.29, 0.717) is 13.1 Å². The Morgan fingerprint density at radius 1 is 0.913 bits per heavy atom. The van der Waals surface area contributed by atoms with Crippen molar-refractivity contribution in [3.05, 3.63) is 90.0 Å². The number of nitrogens with zero attached hydrogens (tertiary/aromatic N) is 1. The molecule has 0 saturated carbocycles. The maximum absolute atomic E-state index is 7.85. The molecule has 3 rings (SSSR count). The van der Waals surface area contributed by atoms with Gasteiger partial charge in [-0.1, -0.05) is 84.9 Å². The van der Waals surface area contributed by atoms with Crippen molar-refractivity contribution in [2.24, 2.45) is 0 Å². The summed E-state index contributed by atoms with van der Waals surface area (Å²) >= 11 is 0. The first-order chi connectivity index (χ1) is 12.0. The minimum Gasteiger partial charge on any atom is -0.298 e. The van der Waals surface area contributed by atoms with Gasteiger partial charge in [-0.3, -0.25) is 4.90 Å². The van der Waals surface area contributed by atoms with Crippen molar-refractivity contribution in [1.82, 2.24) is 4.90 Å². The molecule has 0 saturated heterocycles. The molecule has 118 valence electrons. The highest BCUT2D eigenvalue weighted by Crippen LogP contribution is 2.19. The van der Waals surface area contributed by atoms with Crippen molar-refractivity contribution in [2.45, 2.75) is 6.54 Å². The van der Waals surface area contributed by atoms with Gasteiger partial charge in [0.05, 0.1) is 0 Å². The number of rotatable bonds is 5. The number of fused-ring (bicyclic) bond motifs is 1. The summed E-state index contributed by atoms with van der Waals surface area (Å²) in [4.78, 5) is 1.52. The molecule has 0 aliphatic rings. The van der Waals surface area contributed by atoms with Crippen molar-refractivity contribution >= 4 is 29.3 Å². The molecule has 0 heterocycles. The van der Waals surface area contributed by atoms with E-state index in [-0.39, 0.29) is 12.4 Å². The van der Waals surface area contributed by atoms with Crippen LogP contribution in [0.3, 0.4) is 0 Å². The first kappa shape index (κ1) is 13.4. The van der Waals surface area contributed by atoms with Gasteiger partial charge in [0, 0.05) is 17.2 Å². The molecule has 0 spiro atoms. The van der Waals surface area contributed by atoms with Crippen molar-refractivity contribution in [2.75, 3.05) is 13.5 Å². The number of hydrogen-bond donors (Lipinski definition) is 0. The summed E-state index contributed by atoms with van der Waals surface area (Å²) in [6, 6.07) is 24.0. The molecule has 23 heavy (non-hydrogen) atoms. The summed E-state index contributed by atoms with van der Waals surface area (Å²) in [5.74, 6) is 0. The van der Waals surface area contributed by atoms with Gasteiger partial charge < -0.3 is 0 Å². The molecule has 0 aromatic heterocycles. The summed E-state index contributed by atoms with van der Waals surface area (Å²) in [7, 11) is 0.